The van der Waals surface area contributed by atoms with Crippen molar-refractivity contribution in [2.24, 2.45) is 0 Å². The number of nitriles is 1. The summed E-state index contributed by atoms with van der Waals surface area (Å²) in [5.74, 6) is 0. The van der Waals surface area contributed by atoms with Crippen LogP contribution in [0.4, 0.5) is 0 Å². The number of aromatic nitrogens is 2. The number of hydrogen-bond acceptors (Lipinski definition) is 4. The quantitative estimate of drug-likeness (QED) is 0.283. The van der Waals surface area contributed by atoms with Gasteiger partial charge in [0, 0.05) is 21.9 Å². The van der Waals surface area contributed by atoms with Crippen LogP contribution in [-0.4, -0.2) is 9.97 Å². The van der Waals surface area contributed by atoms with Crippen molar-refractivity contribution in [1.82, 2.24) is 9.97 Å². The topological polar surface area (TPSA) is 49.6 Å². The molecule has 0 radical (unpaired) electrons. The van der Waals surface area contributed by atoms with Gasteiger partial charge in [0.25, 0.3) is 0 Å². The number of fused-ring (bicyclic) bond motifs is 1. The van der Waals surface area contributed by atoms with Crippen molar-refractivity contribution < 1.29 is 0 Å². The van der Waals surface area contributed by atoms with E-state index in [4.69, 9.17) is 11.6 Å². The lowest BCUT2D eigenvalue weighted by Crippen LogP contribution is -1.88. The van der Waals surface area contributed by atoms with Gasteiger partial charge in [-0.2, -0.15) is 5.26 Å². The smallest absolute Gasteiger partial charge is 0.137 e. The number of allylic oxidation sites excluding steroid dienone is 1. The second-order valence-electron chi connectivity index (χ2n) is 6.64. The first-order chi connectivity index (χ1) is 13.5. The summed E-state index contributed by atoms with van der Waals surface area (Å²) in [6, 6.07) is 18.4. The molecule has 2 aromatic carbocycles. The van der Waals surface area contributed by atoms with E-state index in [1.807, 2.05) is 48.7 Å². The lowest BCUT2D eigenvalue weighted by molar-refractivity contribution is 1.36. The highest BCUT2D eigenvalue weighted by Gasteiger charge is 2.11. The van der Waals surface area contributed by atoms with Gasteiger partial charge in [-0.25, -0.2) is 9.97 Å². The second-order valence-corrected chi connectivity index (χ2v) is 7.85. The van der Waals surface area contributed by atoms with Gasteiger partial charge < -0.3 is 0 Å². The molecule has 0 fully saturated rings. The number of halogens is 1. The van der Waals surface area contributed by atoms with Gasteiger partial charge in [0.2, 0.25) is 0 Å². The van der Waals surface area contributed by atoms with Crippen LogP contribution in [0.5, 0.6) is 0 Å². The fraction of sp³-hybridized carbons (Fsp3) is 0.0870. The summed E-state index contributed by atoms with van der Waals surface area (Å²) >= 11 is 7.82. The number of benzene rings is 2. The van der Waals surface area contributed by atoms with E-state index in [2.05, 4.69) is 35.1 Å². The predicted octanol–water partition coefficient (Wildman–Crippen LogP) is 6.69. The number of pyridine rings is 1. The summed E-state index contributed by atoms with van der Waals surface area (Å²) in [4.78, 5) is 9.12. The molecule has 28 heavy (non-hydrogen) atoms. The van der Waals surface area contributed by atoms with Gasteiger partial charge in [-0.1, -0.05) is 53.6 Å². The van der Waals surface area contributed by atoms with Crippen LogP contribution >= 0.6 is 22.9 Å². The van der Waals surface area contributed by atoms with Gasteiger partial charge >= 0.3 is 0 Å². The summed E-state index contributed by atoms with van der Waals surface area (Å²) in [6.45, 7) is 4.07. The first-order valence-electron chi connectivity index (χ1n) is 8.75. The molecule has 0 spiro atoms. The van der Waals surface area contributed by atoms with Crippen molar-refractivity contribution in [1.29, 1.82) is 5.26 Å². The standard InChI is InChI=1S/C23H16ClN3S/c1-14-3-6-16(7-4-14)21-13-28-23(27-21)19(12-25)11-18-10-17-8-5-15(2)9-20(17)26-22(18)24/h3-11,13H,1-2H3. The molecule has 0 saturated carbocycles. The van der Waals surface area contributed by atoms with Crippen molar-refractivity contribution in [3.63, 3.8) is 0 Å². The molecule has 0 aliphatic heterocycles. The molecule has 0 N–H and O–H groups in total. The Morgan fingerprint density at radius 2 is 1.79 bits per heavy atom. The SMILES string of the molecule is Cc1ccc(-c2csc(C(C#N)=Cc3cc4ccc(C)cc4nc3Cl)n2)cc1. The Hall–Kier alpha value is -3.00. The fourth-order valence-corrected chi connectivity index (χ4v) is 3.92. The molecular formula is C23H16ClN3S. The average Bonchev–Trinajstić information content (AvgIpc) is 3.17. The van der Waals surface area contributed by atoms with Crippen LogP contribution in [0.25, 0.3) is 33.8 Å². The zero-order valence-corrected chi connectivity index (χ0v) is 17.0. The summed E-state index contributed by atoms with van der Waals surface area (Å²) in [5.41, 5.74) is 6.25. The molecule has 4 aromatic rings. The number of hydrogen-bond donors (Lipinski definition) is 0. The Morgan fingerprint density at radius 3 is 2.54 bits per heavy atom. The van der Waals surface area contributed by atoms with Crippen LogP contribution in [0.1, 0.15) is 21.7 Å². The van der Waals surface area contributed by atoms with Crippen LogP contribution < -0.4 is 0 Å². The normalized spacial score (nSPS) is 11.6. The third kappa shape index (κ3) is 3.68. The lowest BCUT2D eigenvalue weighted by atomic mass is 10.1. The summed E-state index contributed by atoms with van der Waals surface area (Å²) in [5, 5.41) is 13.7. The minimum atomic E-state index is 0.376. The molecule has 0 bridgehead atoms. The minimum Gasteiger partial charge on any atom is -0.235 e. The zero-order chi connectivity index (χ0) is 19.7. The van der Waals surface area contributed by atoms with Gasteiger partial charge in [0.05, 0.1) is 16.8 Å². The number of rotatable bonds is 3. The maximum absolute atomic E-state index is 9.68. The second kappa shape index (κ2) is 7.55. The molecule has 0 unspecified atom stereocenters. The highest BCUT2D eigenvalue weighted by Crippen LogP contribution is 2.29. The van der Waals surface area contributed by atoms with Crippen LogP contribution in [0.3, 0.4) is 0 Å². The van der Waals surface area contributed by atoms with E-state index in [0.717, 1.165) is 27.7 Å². The first-order valence-corrected chi connectivity index (χ1v) is 10.0. The molecule has 0 saturated heterocycles. The van der Waals surface area contributed by atoms with Crippen molar-refractivity contribution in [3.05, 3.63) is 80.8 Å². The van der Waals surface area contributed by atoms with E-state index >= 15 is 0 Å². The molecule has 0 aliphatic rings. The Morgan fingerprint density at radius 1 is 1.04 bits per heavy atom. The number of thiazole rings is 1. The molecule has 5 heteroatoms. The van der Waals surface area contributed by atoms with E-state index in [9.17, 15) is 5.26 Å². The van der Waals surface area contributed by atoms with Crippen LogP contribution in [0.2, 0.25) is 5.15 Å². The van der Waals surface area contributed by atoms with Crippen molar-refractivity contribution in [2.75, 3.05) is 0 Å². The maximum atomic E-state index is 9.68. The summed E-state index contributed by atoms with van der Waals surface area (Å²) in [6.07, 6.45) is 1.76. The lowest BCUT2D eigenvalue weighted by Gasteiger charge is -2.04. The molecule has 0 atom stereocenters. The third-order valence-corrected chi connectivity index (χ3v) is 5.63. The molecule has 2 aromatic heterocycles. The Balaban J connectivity index is 1.73. The van der Waals surface area contributed by atoms with Gasteiger partial charge in [0.15, 0.2) is 0 Å². The van der Waals surface area contributed by atoms with Crippen LogP contribution in [-0.2, 0) is 0 Å². The van der Waals surface area contributed by atoms with Crippen LogP contribution in [0.15, 0.2) is 53.9 Å². The Bertz CT molecular complexity index is 1250. The van der Waals surface area contributed by atoms with E-state index < -0.39 is 0 Å². The molecule has 136 valence electrons. The van der Waals surface area contributed by atoms with Crippen molar-refractivity contribution >= 4 is 45.5 Å². The van der Waals surface area contributed by atoms with Crippen LogP contribution in [0, 0.1) is 25.2 Å². The molecule has 0 amide bonds. The van der Waals surface area contributed by atoms with E-state index in [0.29, 0.717) is 21.3 Å². The average molecular weight is 402 g/mol. The van der Waals surface area contributed by atoms with Gasteiger partial charge in [-0.3, -0.25) is 0 Å². The van der Waals surface area contributed by atoms with E-state index in [1.54, 1.807) is 6.08 Å². The molecule has 4 rings (SSSR count). The summed E-state index contributed by atoms with van der Waals surface area (Å²) in [7, 11) is 0. The fourth-order valence-electron chi connectivity index (χ4n) is 2.92. The number of nitrogens with zero attached hydrogens (tertiary/aromatic N) is 3. The Kier molecular flexibility index (Phi) is 4.95. The minimum absolute atomic E-state index is 0.376. The van der Waals surface area contributed by atoms with Crippen molar-refractivity contribution in [2.45, 2.75) is 13.8 Å². The van der Waals surface area contributed by atoms with Gasteiger partial charge in [-0.05, 0) is 37.6 Å². The maximum Gasteiger partial charge on any atom is 0.137 e. The highest BCUT2D eigenvalue weighted by atomic mass is 35.5. The molecule has 2 heterocycles. The predicted molar refractivity (Wildman–Crippen MR) is 117 cm³/mol. The highest BCUT2D eigenvalue weighted by molar-refractivity contribution is 7.11. The Labute approximate surface area is 172 Å². The van der Waals surface area contributed by atoms with E-state index in [-0.39, 0.29) is 0 Å². The molecule has 0 aliphatic carbocycles. The molecule has 3 nitrogen and oxygen atoms in total. The first kappa shape index (κ1) is 18.4. The monoisotopic (exact) mass is 401 g/mol. The van der Waals surface area contributed by atoms with E-state index in [1.165, 1.54) is 16.9 Å². The zero-order valence-electron chi connectivity index (χ0n) is 15.4. The van der Waals surface area contributed by atoms with Gasteiger partial charge in [-0.15, -0.1) is 11.3 Å². The van der Waals surface area contributed by atoms with Crippen molar-refractivity contribution in [3.8, 4) is 17.3 Å². The molecular weight excluding hydrogens is 386 g/mol. The summed E-state index contributed by atoms with van der Waals surface area (Å²) < 4.78 is 0. The number of aryl methyl sites for hydroxylation is 2. The third-order valence-electron chi connectivity index (χ3n) is 4.46. The van der Waals surface area contributed by atoms with Gasteiger partial charge in [0.1, 0.15) is 16.2 Å². The largest absolute Gasteiger partial charge is 0.235 e.